The molecule has 0 saturated carbocycles. The van der Waals surface area contributed by atoms with Crippen LogP contribution in [0.15, 0.2) is 58.0 Å². The van der Waals surface area contributed by atoms with Crippen LogP contribution in [-0.2, 0) is 6.54 Å². The van der Waals surface area contributed by atoms with Crippen molar-refractivity contribution >= 4 is 16.9 Å². The number of hydrogen-bond donors (Lipinski definition) is 1. The van der Waals surface area contributed by atoms with Gasteiger partial charge in [0, 0.05) is 29.9 Å². The predicted octanol–water partition coefficient (Wildman–Crippen LogP) is 2.34. The number of carboxylic acids is 1. The first kappa shape index (κ1) is 12.2. The lowest BCUT2D eigenvalue weighted by molar-refractivity contribution is 0.0696. The molecule has 0 bridgehead atoms. The van der Waals surface area contributed by atoms with E-state index in [2.05, 4.69) is 0 Å². The summed E-state index contributed by atoms with van der Waals surface area (Å²) in [6, 6.07) is 9.86. The third-order valence-corrected chi connectivity index (χ3v) is 3.07. The zero-order valence-corrected chi connectivity index (χ0v) is 10.4. The molecule has 0 fully saturated rings. The molecule has 5 nitrogen and oxygen atoms in total. The third-order valence-electron chi connectivity index (χ3n) is 3.07. The van der Waals surface area contributed by atoms with Crippen molar-refractivity contribution in [1.29, 1.82) is 0 Å². The maximum absolute atomic E-state index is 11.4. The summed E-state index contributed by atoms with van der Waals surface area (Å²) in [6.07, 6.45) is 3.20. The number of furan rings is 1. The summed E-state index contributed by atoms with van der Waals surface area (Å²) in [5, 5.41) is 9.94. The standard InChI is InChI=1S/C15H11NO4/c17-10-5-7-16(8-6-10)9-13-14(15(18)19)11-3-1-2-4-12(11)20-13/h1-8H,9H2,(H,18,19). The average Bonchev–Trinajstić information content (AvgIpc) is 2.79. The van der Waals surface area contributed by atoms with Gasteiger partial charge in [-0.25, -0.2) is 4.79 Å². The van der Waals surface area contributed by atoms with Gasteiger partial charge in [-0.1, -0.05) is 18.2 Å². The Hall–Kier alpha value is -2.82. The highest BCUT2D eigenvalue weighted by Crippen LogP contribution is 2.26. The van der Waals surface area contributed by atoms with Crippen LogP contribution in [0, 0.1) is 0 Å². The van der Waals surface area contributed by atoms with Crippen molar-refractivity contribution in [3.05, 3.63) is 70.3 Å². The maximum Gasteiger partial charge on any atom is 0.339 e. The number of carboxylic acid groups (broad SMARTS) is 1. The highest BCUT2D eigenvalue weighted by atomic mass is 16.4. The molecule has 0 unspecified atom stereocenters. The predicted molar refractivity (Wildman–Crippen MR) is 73.0 cm³/mol. The van der Waals surface area contributed by atoms with Crippen LogP contribution in [0.1, 0.15) is 16.1 Å². The van der Waals surface area contributed by atoms with Crippen molar-refractivity contribution in [2.75, 3.05) is 0 Å². The minimum atomic E-state index is -1.02. The number of rotatable bonds is 3. The number of para-hydroxylation sites is 1. The van der Waals surface area contributed by atoms with Crippen LogP contribution in [0.25, 0.3) is 11.0 Å². The van der Waals surface area contributed by atoms with Crippen molar-refractivity contribution in [1.82, 2.24) is 4.57 Å². The Bertz CT molecular complexity index is 824. The minimum absolute atomic E-state index is 0.0932. The topological polar surface area (TPSA) is 72.4 Å². The van der Waals surface area contributed by atoms with Gasteiger partial charge in [0.1, 0.15) is 16.9 Å². The van der Waals surface area contributed by atoms with E-state index in [0.717, 1.165) is 0 Å². The van der Waals surface area contributed by atoms with Crippen LogP contribution >= 0.6 is 0 Å². The second-order valence-electron chi connectivity index (χ2n) is 4.41. The Labute approximate surface area is 113 Å². The monoisotopic (exact) mass is 269 g/mol. The number of carbonyl (C=O) groups is 1. The molecule has 0 radical (unpaired) electrons. The summed E-state index contributed by atoms with van der Waals surface area (Å²) < 4.78 is 7.31. The van der Waals surface area contributed by atoms with Gasteiger partial charge < -0.3 is 14.1 Å². The number of aromatic carboxylic acids is 1. The van der Waals surface area contributed by atoms with Crippen LogP contribution < -0.4 is 5.43 Å². The van der Waals surface area contributed by atoms with E-state index < -0.39 is 5.97 Å². The van der Waals surface area contributed by atoms with Crippen LogP contribution in [-0.4, -0.2) is 15.6 Å². The lowest BCUT2D eigenvalue weighted by Crippen LogP contribution is -2.07. The summed E-state index contributed by atoms with van der Waals surface area (Å²) in [7, 11) is 0. The molecule has 0 saturated heterocycles. The average molecular weight is 269 g/mol. The van der Waals surface area contributed by atoms with Crippen molar-refractivity contribution in [2.45, 2.75) is 6.54 Å². The highest BCUT2D eigenvalue weighted by Gasteiger charge is 2.19. The third kappa shape index (κ3) is 2.09. The number of pyridine rings is 1. The van der Waals surface area contributed by atoms with Crippen molar-refractivity contribution in [2.24, 2.45) is 0 Å². The van der Waals surface area contributed by atoms with Gasteiger partial charge in [0.25, 0.3) is 0 Å². The molecule has 0 aliphatic carbocycles. The smallest absolute Gasteiger partial charge is 0.339 e. The SMILES string of the molecule is O=C(O)c1c(Cn2ccc(=O)cc2)oc2ccccc12. The molecule has 1 N–H and O–H groups in total. The Morgan fingerprint density at radius 1 is 1.15 bits per heavy atom. The minimum Gasteiger partial charge on any atom is -0.478 e. The van der Waals surface area contributed by atoms with Crippen molar-refractivity contribution in [3.63, 3.8) is 0 Å². The molecular weight excluding hydrogens is 258 g/mol. The molecule has 0 aliphatic rings. The van der Waals surface area contributed by atoms with Gasteiger partial charge in [-0.15, -0.1) is 0 Å². The number of hydrogen-bond acceptors (Lipinski definition) is 3. The Kier molecular flexibility index (Phi) is 2.87. The van der Waals surface area contributed by atoms with Crippen LogP contribution in [0.3, 0.4) is 0 Å². The van der Waals surface area contributed by atoms with E-state index in [4.69, 9.17) is 4.42 Å². The molecule has 5 heteroatoms. The summed E-state index contributed by atoms with van der Waals surface area (Å²) in [5.41, 5.74) is 0.615. The summed E-state index contributed by atoms with van der Waals surface area (Å²) >= 11 is 0. The van der Waals surface area contributed by atoms with Gasteiger partial charge in [0.2, 0.25) is 0 Å². The molecule has 2 aromatic heterocycles. The van der Waals surface area contributed by atoms with Gasteiger partial charge in [-0.05, 0) is 6.07 Å². The van der Waals surface area contributed by atoms with Crippen LogP contribution in [0.2, 0.25) is 0 Å². The van der Waals surface area contributed by atoms with E-state index in [9.17, 15) is 14.7 Å². The summed E-state index contributed by atoms with van der Waals surface area (Å²) in [4.78, 5) is 22.5. The summed E-state index contributed by atoms with van der Waals surface area (Å²) in [6.45, 7) is 0.261. The van der Waals surface area contributed by atoms with E-state index in [1.807, 2.05) is 0 Å². The first-order valence-electron chi connectivity index (χ1n) is 6.05. The quantitative estimate of drug-likeness (QED) is 0.792. The molecule has 3 aromatic rings. The molecule has 0 atom stereocenters. The fourth-order valence-corrected chi connectivity index (χ4v) is 2.16. The number of benzene rings is 1. The van der Waals surface area contributed by atoms with E-state index in [1.54, 1.807) is 41.2 Å². The van der Waals surface area contributed by atoms with Crippen LogP contribution in [0.4, 0.5) is 0 Å². The second kappa shape index (κ2) is 4.70. The molecule has 0 spiro atoms. The second-order valence-corrected chi connectivity index (χ2v) is 4.41. The zero-order chi connectivity index (χ0) is 14.1. The number of fused-ring (bicyclic) bond motifs is 1. The molecule has 3 rings (SSSR count). The normalized spacial score (nSPS) is 10.8. The van der Waals surface area contributed by atoms with Crippen LogP contribution in [0.5, 0.6) is 0 Å². The molecule has 2 heterocycles. The lowest BCUT2D eigenvalue weighted by Gasteiger charge is -2.03. The first-order chi connectivity index (χ1) is 9.65. The van der Waals surface area contributed by atoms with Gasteiger partial charge >= 0.3 is 5.97 Å². The fourth-order valence-electron chi connectivity index (χ4n) is 2.16. The van der Waals surface area contributed by atoms with Gasteiger partial charge in [-0.3, -0.25) is 4.79 Å². The summed E-state index contributed by atoms with van der Waals surface area (Å²) in [5.74, 6) is -0.659. The Balaban J connectivity index is 2.11. The largest absolute Gasteiger partial charge is 0.478 e. The molecule has 20 heavy (non-hydrogen) atoms. The van der Waals surface area contributed by atoms with E-state index >= 15 is 0 Å². The highest BCUT2D eigenvalue weighted by molar-refractivity contribution is 6.03. The van der Waals surface area contributed by atoms with Gasteiger partial charge in [0.15, 0.2) is 5.43 Å². The molecule has 100 valence electrons. The molecular formula is C15H11NO4. The molecule has 0 aliphatic heterocycles. The van der Waals surface area contributed by atoms with E-state index in [1.165, 1.54) is 12.1 Å². The lowest BCUT2D eigenvalue weighted by atomic mass is 10.1. The Morgan fingerprint density at radius 2 is 1.85 bits per heavy atom. The van der Waals surface area contributed by atoms with Gasteiger partial charge in [-0.2, -0.15) is 0 Å². The Morgan fingerprint density at radius 3 is 2.55 bits per heavy atom. The maximum atomic E-state index is 11.4. The number of nitrogens with zero attached hydrogens (tertiary/aromatic N) is 1. The van der Waals surface area contributed by atoms with Gasteiger partial charge in [0.05, 0.1) is 6.54 Å². The first-order valence-corrected chi connectivity index (χ1v) is 6.05. The fraction of sp³-hybridized carbons (Fsp3) is 0.0667. The molecule has 0 amide bonds. The van der Waals surface area contributed by atoms with Crippen molar-refractivity contribution in [3.8, 4) is 0 Å². The zero-order valence-electron chi connectivity index (χ0n) is 10.4. The number of aromatic nitrogens is 1. The van der Waals surface area contributed by atoms with Crippen molar-refractivity contribution < 1.29 is 14.3 Å². The molecule has 1 aromatic carbocycles. The van der Waals surface area contributed by atoms with E-state index in [0.29, 0.717) is 16.7 Å². The van der Waals surface area contributed by atoms with E-state index in [-0.39, 0.29) is 17.5 Å².